The third-order valence-corrected chi connectivity index (χ3v) is 4.80. The van der Waals surface area contributed by atoms with Crippen molar-refractivity contribution in [2.45, 2.75) is 25.3 Å². The molecule has 1 aromatic carbocycles. The smallest absolute Gasteiger partial charge is 0.134 e. The summed E-state index contributed by atoms with van der Waals surface area (Å²) in [5, 5.41) is 7.04. The number of benzene rings is 1. The molecule has 0 aliphatic carbocycles. The molecule has 1 aliphatic rings. The second-order valence-corrected chi connectivity index (χ2v) is 6.50. The summed E-state index contributed by atoms with van der Waals surface area (Å²) in [5.74, 6) is -0.959. The van der Waals surface area contributed by atoms with Crippen molar-refractivity contribution >= 4 is 0 Å². The van der Waals surface area contributed by atoms with Crippen molar-refractivity contribution in [1.29, 1.82) is 0 Å². The Morgan fingerprint density at radius 3 is 2.84 bits per heavy atom. The van der Waals surface area contributed by atoms with Crippen LogP contribution in [0.25, 0.3) is 11.1 Å². The summed E-state index contributed by atoms with van der Waals surface area (Å²) in [6, 6.07) is 5.89. The highest BCUT2D eigenvalue weighted by Crippen LogP contribution is 2.35. The molecule has 1 atom stereocenters. The molecule has 0 bridgehead atoms. The van der Waals surface area contributed by atoms with Gasteiger partial charge in [0.05, 0.1) is 24.3 Å². The van der Waals surface area contributed by atoms with E-state index in [1.807, 2.05) is 6.07 Å². The van der Waals surface area contributed by atoms with E-state index < -0.39 is 11.6 Å². The number of likely N-dealkylation sites (tertiary alicyclic amines) is 1. The summed E-state index contributed by atoms with van der Waals surface area (Å²) in [6.45, 7) is 2.63. The van der Waals surface area contributed by atoms with Gasteiger partial charge in [-0.15, -0.1) is 0 Å². The lowest BCUT2D eigenvalue weighted by atomic mass is 9.90. The van der Waals surface area contributed by atoms with Gasteiger partial charge in [-0.2, -0.15) is 5.10 Å². The summed E-state index contributed by atoms with van der Waals surface area (Å²) in [7, 11) is 0. The third kappa shape index (κ3) is 3.22. The van der Waals surface area contributed by atoms with Crippen LogP contribution in [0.15, 0.2) is 47.4 Å². The molecule has 4 rings (SSSR count). The normalized spacial score (nSPS) is 18.6. The van der Waals surface area contributed by atoms with Gasteiger partial charge in [0.15, 0.2) is 0 Å². The van der Waals surface area contributed by atoms with E-state index >= 15 is 0 Å². The second-order valence-electron chi connectivity index (χ2n) is 6.50. The minimum Gasteiger partial charge on any atom is -0.472 e. The minimum absolute atomic E-state index is 0.00166. The molecule has 0 spiro atoms. The number of hydrogen-bond acceptors (Lipinski definition) is 3. The molecule has 6 heteroatoms. The first-order chi connectivity index (χ1) is 12.2. The van der Waals surface area contributed by atoms with Gasteiger partial charge < -0.3 is 4.42 Å². The number of halogens is 2. The summed E-state index contributed by atoms with van der Waals surface area (Å²) < 4.78 is 33.5. The lowest BCUT2D eigenvalue weighted by Gasteiger charge is -2.32. The Labute approximate surface area is 144 Å². The standard InChI is InChI=1S/C19H19F2N3O/c20-16-4-1-5-17(21)18(16)15-9-22-23-19(15)14-3-2-7-24(11-14)10-13-6-8-25-12-13/h1,4-6,8-9,12,14H,2-3,7,10-11H2,(H,22,23)/t14-/m0/s1. The van der Waals surface area contributed by atoms with Crippen LogP contribution in [-0.2, 0) is 6.54 Å². The molecule has 0 amide bonds. The first kappa shape index (κ1) is 16.0. The van der Waals surface area contributed by atoms with Crippen molar-refractivity contribution in [1.82, 2.24) is 15.1 Å². The van der Waals surface area contributed by atoms with Crippen molar-refractivity contribution in [3.63, 3.8) is 0 Å². The Kier molecular flexibility index (Phi) is 4.36. The van der Waals surface area contributed by atoms with E-state index in [1.54, 1.807) is 12.5 Å². The highest BCUT2D eigenvalue weighted by atomic mass is 19.1. The van der Waals surface area contributed by atoms with Crippen LogP contribution in [0.4, 0.5) is 8.78 Å². The van der Waals surface area contributed by atoms with Crippen LogP contribution >= 0.6 is 0 Å². The molecule has 1 saturated heterocycles. The topological polar surface area (TPSA) is 45.1 Å². The molecule has 25 heavy (non-hydrogen) atoms. The predicted molar refractivity (Wildman–Crippen MR) is 89.9 cm³/mol. The number of nitrogens with zero attached hydrogens (tertiary/aromatic N) is 2. The zero-order valence-electron chi connectivity index (χ0n) is 13.7. The first-order valence-electron chi connectivity index (χ1n) is 8.43. The van der Waals surface area contributed by atoms with Gasteiger partial charge in [0.1, 0.15) is 11.6 Å². The van der Waals surface area contributed by atoms with Gasteiger partial charge >= 0.3 is 0 Å². The molecule has 2 aromatic heterocycles. The quantitative estimate of drug-likeness (QED) is 0.767. The summed E-state index contributed by atoms with van der Waals surface area (Å²) in [6.07, 6.45) is 6.93. The van der Waals surface area contributed by atoms with Gasteiger partial charge in [-0.05, 0) is 37.6 Å². The molecule has 4 nitrogen and oxygen atoms in total. The van der Waals surface area contributed by atoms with Gasteiger partial charge in [-0.3, -0.25) is 10.00 Å². The molecule has 130 valence electrons. The fraction of sp³-hybridized carbons (Fsp3) is 0.316. The monoisotopic (exact) mass is 343 g/mol. The fourth-order valence-electron chi connectivity index (χ4n) is 3.64. The molecule has 1 N–H and O–H groups in total. The van der Waals surface area contributed by atoms with Gasteiger partial charge in [0.2, 0.25) is 0 Å². The highest BCUT2D eigenvalue weighted by molar-refractivity contribution is 5.67. The molecule has 1 aliphatic heterocycles. The molecular formula is C19H19F2N3O. The van der Waals surface area contributed by atoms with Crippen LogP contribution in [0.2, 0.25) is 0 Å². The number of furan rings is 1. The van der Waals surface area contributed by atoms with Gasteiger partial charge in [-0.1, -0.05) is 6.07 Å². The van der Waals surface area contributed by atoms with E-state index in [9.17, 15) is 8.78 Å². The van der Waals surface area contributed by atoms with Crippen LogP contribution in [0, 0.1) is 11.6 Å². The Bertz CT molecular complexity index is 824. The number of H-pyrrole nitrogens is 1. The number of aromatic amines is 1. The number of piperidine rings is 1. The SMILES string of the molecule is Fc1cccc(F)c1-c1cn[nH]c1[C@H]1CCCN(Cc2ccoc2)C1. The third-order valence-electron chi connectivity index (χ3n) is 4.80. The zero-order chi connectivity index (χ0) is 17.2. The predicted octanol–water partition coefficient (Wildman–Crippen LogP) is 4.33. The van der Waals surface area contributed by atoms with Crippen LogP contribution < -0.4 is 0 Å². The largest absolute Gasteiger partial charge is 0.472 e. The fourth-order valence-corrected chi connectivity index (χ4v) is 3.64. The van der Waals surface area contributed by atoms with E-state index in [0.717, 1.165) is 43.7 Å². The summed E-state index contributed by atoms with van der Waals surface area (Å²) in [5.41, 5.74) is 2.45. The molecular weight excluding hydrogens is 324 g/mol. The lowest BCUT2D eigenvalue weighted by Crippen LogP contribution is -2.34. The van der Waals surface area contributed by atoms with Gasteiger partial charge in [-0.25, -0.2) is 8.78 Å². The summed E-state index contributed by atoms with van der Waals surface area (Å²) in [4.78, 5) is 2.33. The van der Waals surface area contributed by atoms with Crippen LogP contribution in [-0.4, -0.2) is 28.2 Å². The minimum atomic E-state index is -0.561. The average molecular weight is 343 g/mol. The second kappa shape index (κ2) is 6.80. The maximum atomic E-state index is 14.2. The van der Waals surface area contributed by atoms with Crippen molar-refractivity contribution in [3.05, 3.63) is 65.9 Å². The molecule has 0 radical (unpaired) electrons. The Morgan fingerprint density at radius 2 is 2.08 bits per heavy atom. The van der Waals surface area contributed by atoms with Crippen molar-refractivity contribution in [2.24, 2.45) is 0 Å². The number of nitrogens with one attached hydrogen (secondary N) is 1. The van der Waals surface area contributed by atoms with E-state index in [1.165, 1.54) is 24.4 Å². The van der Waals surface area contributed by atoms with Crippen molar-refractivity contribution in [2.75, 3.05) is 13.1 Å². The Hall–Kier alpha value is -2.47. The lowest BCUT2D eigenvalue weighted by molar-refractivity contribution is 0.198. The van der Waals surface area contributed by atoms with Crippen molar-refractivity contribution in [3.8, 4) is 11.1 Å². The molecule has 0 saturated carbocycles. The first-order valence-corrected chi connectivity index (χ1v) is 8.43. The molecule has 3 aromatic rings. The zero-order valence-corrected chi connectivity index (χ0v) is 13.7. The highest BCUT2D eigenvalue weighted by Gasteiger charge is 2.27. The van der Waals surface area contributed by atoms with Gasteiger partial charge in [0.25, 0.3) is 0 Å². The van der Waals surface area contributed by atoms with E-state index in [2.05, 4.69) is 15.1 Å². The maximum Gasteiger partial charge on any atom is 0.134 e. The number of aromatic nitrogens is 2. The summed E-state index contributed by atoms with van der Waals surface area (Å²) >= 11 is 0. The number of hydrogen-bond donors (Lipinski definition) is 1. The average Bonchev–Trinajstić information content (AvgIpc) is 3.27. The van der Waals surface area contributed by atoms with Crippen LogP contribution in [0.1, 0.15) is 30.0 Å². The van der Waals surface area contributed by atoms with E-state index in [0.29, 0.717) is 5.56 Å². The van der Waals surface area contributed by atoms with Crippen LogP contribution in [0.5, 0.6) is 0 Å². The Balaban J connectivity index is 1.59. The van der Waals surface area contributed by atoms with E-state index in [4.69, 9.17) is 4.42 Å². The van der Waals surface area contributed by atoms with Crippen LogP contribution in [0.3, 0.4) is 0 Å². The van der Waals surface area contributed by atoms with E-state index in [-0.39, 0.29) is 11.5 Å². The van der Waals surface area contributed by atoms with Gasteiger partial charge in [0, 0.05) is 35.8 Å². The van der Waals surface area contributed by atoms with Crippen molar-refractivity contribution < 1.29 is 13.2 Å². The Morgan fingerprint density at radius 1 is 1.24 bits per heavy atom. The molecule has 0 unspecified atom stereocenters. The molecule has 3 heterocycles. The maximum absolute atomic E-state index is 14.2. The molecule has 1 fully saturated rings. The number of rotatable bonds is 4.